The predicted molar refractivity (Wildman–Crippen MR) is 90.3 cm³/mol. The molecule has 0 saturated heterocycles. The SMILES string of the molecule is CC(C)COC(=O)OC(=O)c1ccnc(CC(=O)c2ccccc2)c1. The number of hydrogen-bond acceptors (Lipinski definition) is 6. The molecule has 0 unspecified atom stereocenters. The minimum Gasteiger partial charge on any atom is -0.434 e. The molecule has 0 fully saturated rings. The lowest BCUT2D eigenvalue weighted by molar-refractivity contribution is 0.0350. The molecular weight excluding hydrogens is 322 g/mol. The molecule has 1 aromatic heterocycles. The van der Waals surface area contributed by atoms with Crippen LogP contribution in [0, 0.1) is 5.92 Å². The number of esters is 1. The van der Waals surface area contributed by atoms with E-state index in [0.29, 0.717) is 11.3 Å². The molecule has 1 aromatic carbocycles. The van der Waals surface area contributed by atoms with E-state index in [0.717, 1.165) is 0 Å². The highest BCUT2D eigenvalue weighted by atomic mass is 16.7. The first kappa shape index (κ1) is 18.3. The van der Waals surface area contributed by atoms with Crippen molar-refractivity contribution in [2.24, 2.45) is 5.92 Å². The summed E-state index contributed by atoms with van der Waals surface area (Å²) in [4.78, 5) is 39.7. The van der Waals surface area contributed by atoms with Crippen LogP contribution in [0.3, 0.4) is 0 Å². The summed E-state index contributed by atoms with van der Waals surface area (Å²) in [6.07, 6.45) is 0.393. The van der Waals surface area contributed by atoms with Gasteiger partial charge in [-0.25, -0.2) is 9.59 Å². The first-order chi connectivity index (χ1) is 12.0. The van der Waals surface area contributed by atoms with Gasteiger partial charge in [0, 0.05) is 17.5 Å². The van der Waals surface area contributed by atoms with E-state index < -0.39 is 12.1 Å². The van der Waals surface area contributed by atoms with Crippen molar-refractivity contribution in [2.45, 2.75) is 20.3 Å². The zero-order valence-electron chi connectivity index (χ0n) is 14.1. The second kappa shape index (κ2) is 8.73. The third-order valence-corrected chi connectivity index (χ3v) is 3.20. The van der Waals surface area contributed by atoms with Crippen molar-refractivity contribution >= 4 is 17.9 Å². The first-order valence-electron chi connectivity index (χ1n) is 7.88. The van der Waals surface area contributed by atoms with Gasteiger partial charge in [0.25, 0.3) is 0 Å². The minimum atomic E-state index is -1.04. The van der Waals surface area contributed by atoms with E-state index in [2.05, 4.69) is 9.72 Å². The maximum atomic E-state index is 12.2. The number of carbonyl (C=O) groups is 3. The Balaban J connectivity index is 1.99. The average Bonchev–Trinajstić information content (AvgIpc) is 2.61. The summed E-state index contributed by atoms with van der Waals surface area (Å²) in [6, 6.07) is 11.6. The summed E-state index contributed by atoms with van der Waals surface area (Å²) >= 11 is 0. The Labute approximate surface area is 145 Å². The van der Waals surface area contributed by atoms with E-state index in [1.54, 1.807) is 24.3 Å². The number of nitrogens with zero attached hydrogens (tertiary/aromatic N) is 1. The van der Waals surface area contributed by atoms with Gasteiger partial charge in [0.15, 0.2) is 5.78 Å². The maximum Gasteiger partial charge on any atom is 0.516 e. The molecule has 0 atom stereocenters. The zero-order valence-corrected chi connectivity index (χ0v) is 14.1. The molecule has 1 heterocycles. The first-order valence-corrected chi connectivity index (χ1v) is 7.88. The van der Waals surface area contributed by atoms with E-state index in [1.807, 2.05) is 19.9 Å². The highest BCUT2D eigenvalue weighted by Gasteiger charge is 2.16. The number of carbonyl (C=O) groups excluding carboxylic acids is 3. The fourth-order valence-electron chi connectivity index (χ4n) is 1.99. The van der Waals surface area contributed by atoms with Gasteiger partial charge in [-0.1, -0.05) is 44.2 Å². The fourth-order valence-corrected chi connectivity index (χ4v) is 1.99. The van der Waals surface area contributed by atoms with Crippen molar-refractivity contribution in [2.75, 3.05) is 6.61 Å². The Morgan fingerprint density at radius 3 is 2.44 bits per heavy atom. The monoisotopic (exact) mass is 341 g/mol. The van der Waals surface area contributed by atoms with E-state index in [4.69, 9.17) is 4.74 Å². The number of benzene rings is 1. The van der Waals surface area contributed by atoms with Gasteiger partial charge in [0.2, 0.25) is 0 Å². The molecule has 0 aliphatic carbocycles. The number of ether oxygens (including phenoxy) is 2. The maximum absolute atomic E-state index is 12.2. The van der Waals surface area contributed by atoms with Gasteiger partial charge >= 0.3 is 12.1 Å². The molecule has 0 saturated carbocycles. The van der Waals surface area contributed by atoms with Crippen molar-refractivity contribution in [3.63, 3.8) is 0 Å². The van der Waals surface area contributed by atoms with Crippen LogP contribution in [0.25, 0.3) is 0 Å². The summed E-state index contributed by atoms with van der Waals surface area (Å²) in [5, 5.41) is 0. The highest BCUT2D eigenvalue weighted by Crippen LogP contribution is 2.09. The standard InChI is InChI=1S/C19H19NO5/c1-13(2)12-24-19(23)25-18(22)15-8-9-20-16(10-15)11-17(21)14-6-4-3-5-7-14/h3-10,13H,11-12H2,1-2H3. The van der Waals surface area contributed by atoms with Gasteiger partial charge < -0.3 is 9.47 Å². The summed E-state index contributed by atoms with van der Waals surface area (Å²) in [7, 11) is 0. The smallest absolute Gasteiger partial charge is 0.434 e. The number of hydrogen-bond donors (Lipinski definition) is 0. The summed E-state index contributed by atoms with van der Waals surface area (Å²) in [6.45, 7) is 3.90. The summed E-state index contributed by atoms with van der Waals surface area (Å²) in [5.74, 6) is -0.821. The van der Waals surface area contributed by atoms with Gasteiger partial charge in [-0.05, 0) is 18.1 Å². The Hall–Kier alpha value is -3.02. The van der Waals surface area contributed by atoms with Crippen LogP contribution in [-0.2, 0) is 15.9 Å². The minimum absolute atomic E-state index is 0.0446. The van der Waals surface area contributed by atoms with E-state index in [1.165, 1.54) is 18.3 Å². The molecule has 0 bridgehead atoms. The molecule has 130 valence electrons. The van der Waals surface area contributed by atoms with Gasteiger partial charge in [0.05, 0.1) is 18.6 Å². The zero-order chi connectivity index (χ0) is 18.2. The van der Waals surface area contributed by atoms with Crippen molar-refractivity contribution in [1.29, 1.82) is 0 Å². The number of aromatic nitrogens is 1. The van der Waals surface area contributed by atoms with Gasteiger partial charge in [-0.3, -0.25) is 9.78 Å². The van der Waals surface area contributed by atoms with Crippen molar-refractivity contribution in [3.8, 4) is 0 Å². The van der Waals surface area contributed by atoms with Crippen LogP contribution in [0.4, 0.5) is 4.79 Å². The molecular formula is C19H19NO5. The van der Waals surface area contributed by atoms with Gasteiger partial charge in [0.1, 0.15) is 0 Å². The molecule has 0 aliphatic heterocycles. The second-order valence-corrected chi connectivity index (χ2v) is 5.85. The topological polar surface area (TPSA) is 82.6 Å². The van der Waals surface area contributed by atoms with Crippen molar-refractivity contribution < 1.29 is 23.9 Å². The lowest BCUT2D eigenvalue weighted by atomic mass is 10.1. The van der Waals surface area contributed by atoms with Crippen LogP contribution in [0.5, 0.6) is 0 Å². The Morgan fingerprint density at radius 1 is 1.04 bits per heavy atom. The van der Waals surface area contributed by atoms with Crippen LogP contribution in [0.1, 0.15) is 40.3 Å². The second-order valence-electron chi connectivity index (χ2n) is 5.85. The Morgan fingerprint density at radius 2 is 1.76 bits per heavy atom. The molecule has 0 spiro atoms. The number of rotatable bonds is 6. The third-order valence-electron chi connectivity index (χ3n) is 3.20. The fraction of sp³-hybridized carbons (Fsp3) is 0.263. The normalized spacial score (nSPS) is 10.4. The summed E-state index contributed by atoms with van der Waals surface area (Å²) < 4.78 is 9.42. The van der Waals surface area contributed by atoms with Gasteiger partial charge in [-0.15, -0.1) is 0 Å². The molecule has 6 heteroatoms. The molecule has 2 aromatic rings. The Bertz CT molecular complexity index is 755. The Kier molecular flexibility index (Phi) is 6.39. The highest BCUT2D eigenvalue weighted by molar-refractivity contribution is 5.98. The van der Waals surface area contributed by atoms with Crippen LogP contribution < -0.4 is 0 Å². The largest absolute Gasteiger partial charge is 0.516 e. The lowest BCUT2D eigenvalue weighted by Crippen LogP contribution is -2.17. The molecule has 0 aliphatic rings. The average molecular weight is 341 g/mol. The van der Waals surface area contributed by atoms with E-state index in [-0.39, 0.29) is 30.3 Å². The molecule has 2 rings (SSSR count). The lowest BCUT2D eigenvalue weighted by Gasteiger charge is -2.07. The van der Waals surface area contributed by atoms with Crippen LogP contribution in [0.2, 0.25) is 0 Å². The molecule has 25 heavy (non-hydrogen) atoms. The predicted octanol–water partition coefficient (Wildman–Crippen LogP) is 3.46. The van der Waals surface area contributed by atoms with E-state index in [9.17, 15) is 14.4 Å². The third kappa shape index (κ3) is 5.84. The number of ketones is 1. The van der Waals surface area contributed by atoms with Crippen LogP contribution in [0.15, 0.2) is 48.7 Å². The van der Waals surface area contributed by atoms with Crippen LogP contribution in [-0.4, -0.2) is 29.5 Å². The quantitative estimate of drug-likeness (QED) is 0.455. The molecule has 0 amide bonds. The van der Waals surface area contributed by atoms with Crippen LogP contribution >= 0.6 is 0 Å². The van der Waals surface area contributed by atoms with Crippen molar-refractivity contribution in [3.05, 3.63) is 65.5 Å². The number of Topliss-reactive ketones (excluding diaryl/α,β-unsaturated/α-hetero) is 1. The van der Waals surface area contributed by atoms with Crippen molar-refractivity contribution in [1.82, 2.24) is 4.98 Å². The molecule has 0 radical (unpaired) electrons. The van der Waals surface area contributed by atoms with Gasteiger partial charge in [-0.2, -0.15) is 0 Å². The molecule has 6 nitrogen and oxygen atoms in total. The number of pyridine rings is 1. The molecule has 0 N–H and O–H groups in total. The summed E-state index contributed by atoms with van der Waals surface area (Å²) in [5.41, 5.74) is 1.11. The van der Waals surface area contributed by atoms with E-state index >= 15 is 0 Å².